The molecule has 1 aromatic carbocycles. The van der Waals surface area contributed by atoms with Gasteiger partial charge in [-0.05, 0) is 19.1 Å². The number of hydrogen-bond donors (Lipinski definition) is 0. The van der Waals surface area contributed by atoms with E-state index in [-0.39, 0.29) is 5.78 Å². The lowest BCUT2D eigenvalue weighted by molar-refractivity contribution is 0.103. The molecule has 76 valence electrons. The molecule has 0 aliphatic carbocycles. The van der Waals surface area contributed by atoms with E-state index >= 15 is 0 Å². The normalized spacial score (nSPS) is 10.3. The zero-order chi connectivity index (χ0) is 10.8. The van der Waals surface area contributed by atoms with Crippen LogP contribution in [0.3, 0.4) is 0 Å². The average molecular weight is 238 g/mol. The first-order valence-corrected chi connectivity index (χ1v) is 5.69. The highest BCUT2D eigenvalue weighted by atomic mass is 35.5. The maximum absolute atomic E-state index is 11.9. The fraction of sp³-hybridized carbons (Fsp3) is 0.0909. The highest BCUT2D eigenvalue weighted by Crippen LogP contribution is 2.20. The molecule has 0 aliphatic rings. The number of ketones is 1. The minimum Gasteiger partial charge on any atom is -0.287 e. The molecule has 2 rings (SSSR count). The lowest BCUT2D eigenvalue weighted by Crippen LogP contribution is -2.02. The Hall–Kier alpha value is -1.19. The van der Waals surface area contributed by atoms with Crippen molar-refractivity contribution < 1.29 is 4.79 Å². The second-order valence-corrected chi connectivity index (χ2v) is 4.31. The summed E-state index contributed by atoms with van der Waals surface area (Å²) in [6.07, 6.45) is 0. The third kappa shape index (κ3) is 2.08. The zero-order valence-corrected chi connectivity index (χ0v) is 9.60. The van der Waals surface area contributed by atoms with E-state index in [0.717, 1.165) is 5.56 Å². The van der Waals surface area contributed by atoms with Gasteiger partial charge in [-0.2, -0.15) is 0 Å². The first-order valence-electron chi connectivity index (χ1n) is 4.37. The third-order valence-corrected chi connectivity index (χ3v) is 2.95. The predicted molar refractivity (Wildman–Crippen MR) is 61.7 cm³/mol. The molecule has 15 heavy (non-hydrogen) atoms. The van der Waals surface area contributed by atoms with Crippen molar-refractivity contribution >= 4 is 28.7 Å². The molecule has 0 saturated carbocycles. The SMILES string of the molecule is Cc1ccc(Cl)c(C(=O)c2cscn2)c1. The molecule has 1 heterocycles. The summed E-state index contributed by atoms with van der Waals surface area (Å²) in [5.74, 6) is -0.120. The molecule has 2 nitrogen and oxygen atoms in total. The molecule has 0 aliphatic heterocycles. The fourth-order valence-corrected chi connectivity index (χ4v) is 2.01. The zero-order valence-electron chi connectivity index (χ0n) is 8.03. The van der Waals surface area contributed by atoms with Gasteiger partial charge >= 0.3 is 0 Å². The van der Waals surface area contributed by atoms with Gasteiger partial charge in [-0.1, -0.05) is 23.2 Å². The average Bonchev–Trinajstić information content (AvgIpc) is 2.74. The number of benzene rings is 1. The summed E-state index contributed by atoms with van der Waals surface area (Å²) >= 11 is 7.36. The molecule has 0 amide bonds. The van der Waals surface area contributed by atoms with Crippen molar-refractivity contribution in [1.82, 2.24) is 4.98 Å². The Morgan fingerprint density at radius 1 is 1.47 bits per heavy atom. The number of carbonyl (C=O) groups is 1. The minimum atomic E-state index is -0.120. The molecule has 0 unspecified atom stereocenters. The number of carbonyl (C=O) groups excluding carboxylic acids is 1. The van der Waals surface area contributed by atoms with Crippen LogP contribution in [0.25, 0.3) is 0 Å². The first-order chi connectivity index (χ1) is 7.18. The minimum absolute atomic E-state index is 0.120. The highest BCUT2D eigenvalue weighted by molar-refractivity contribution is 7.07. The Labute approximate surface area is 96.5 Å². The first kappa shape index (κ1) is 10.3. The van der Waals surface area contributed by atoms with Crippen LogP contribution < -0.4 is 0 Å². The van der Waals surface area contributed by atoms with Gasteiger partial charge in [0, 0.05) is 10.9 Å². The van der Waals surface area contributed by atoms with Crippen LogP contribution in [0.15, 0.2) is 29.1 Å². The van der Waals surface area contributed by atoms with Crippen molar-refractivity contribution in [3.05, 3.63) is 50.9 Å². The highest BCUT2D eigenvalue weighted by Gasteiger charge is 2.14. The molecule has 0 spiro atoms. The lowest BCUT2D eigenvalue weighted by Gasteiger charge is -2.02. The Morgan fingerprint density at radius 2 is 2.27 bits per heavy atom. The molecule has 0 N–H and O–H groups in total. The van der Waals surface area contributed by atoms with Crippen molar-refractivity contribution in [3.63, 3.8) is 0 Å². The monoisotopic (exact) mass is 237 g/mol. The second kappa shape index (κ2) is 4.13. The summed E-state index contributed by atoms with van der Waals surface area (Å²) in [4.78, 5) is 15.9. The molecule has 0 radical (unpaired) electrons. The number of halogens is 1. The molecule has 4 heteroatoms. The summed E-state index contributed by atoms with van der Waals surface area (Å²) in [5, 5.41) is 2.19. The van der Waals surface area contributed by atoms with E-state index in [9.17, 15) is 4.79 Å². The van der Waals surface area contributed by atoms with Gasteiger partial charge in [0.15, 0.2) is 0 Å². The van der Waals surface area contributed by atoms with E-state index in [1.807, 2.05) is 13.0 Å². The van der Waals surface area contributed by atoms with Gasteiger partial charge < -0.3 is 0 Å². The molecular formula is C11H8ClNOS. The number of rotatable bonds is 2. The van der Waals surface area contributed by atoms with Gasteiger partial charge in [-0.3, -0.25) is 4.79 Å². The van der Waals surface area contributed by atoms with E-state index < -0.39 is 0 Å². The summed E-state index contributed by atoms with van der Waals surface area (Å²) < 4.78 is 0. The van der Waals surface area contributed by atoms with Crippen LogP contribution in [0.4, 0.5) is 0 Å². The fourth-order valence-electron chi connectivity index (χ4n) is 1.28. The predicted octanol–water partition coefficient (Wildman–Crippen LogP) is 3.34. The van der Waals surface area contributed by atoms with Crippen LogP contribution in [0.2, 0.25) is 5.02 Å². The summed E-state index contributed by atoms with van der Waals surface area (Å²) in [7, 11) is 0. The molecule has 0 bridgehead atoms. The van der Waals surface area contributed by atoms with Gasteiger partial charge in [0.05, 0.1) is 10.5 Å². The summed E-state index contributed by atoms with van der Waals surface area (Å²) in [5.41, 5.74) is 3.62. The second-order valence-electron chi connectivity index (χ2n) is 3.19. The maximum atomic E-state index is 11.9. The largest absolute Gasteiger partial charge is 0.287 e. The summed E-state index contributed by atoms with van der Waals surface area (Å²) in [6.45, 7) is 1.92. The van der Waals surface area contributed by atoms with Crippen LogP contribution in [-0.4, -0.2) is 10.8 Å². The van der Waals surface area contributed by atoms with Crippen molar-refractivity contribution in [2.75, 3.05) is 0 Å². The molecule has 1 aromatic heterocycles. The van der Waals surface area contributed by atoms with Crippen molar-refractivity contribution in [2.45, 2.75) is 6.92 Å². The number of hydrogen-bond acceptors (Lipinski definition) is 3. The van der Waals surface area contributed by atoms with Crippen molar-refractivity contribution in [3.8, 4) is 0 Å². The Morgan fingerprint density at radius 3 is 2.93 bits per heavy atom. The van der Waals surface area contributed by atoms with E-state index in [2.05, 4.69) is 4.98 Å². The molecule has 2 aromatic rings. The van der Waals surface area contributed by atoms with Crippen LogP contribution >= 0.6 is 22.9 Å². The lowest BCUT2D eigenvalue weighted by atomic mass is 10.1. The molecule has 0 atom stereocenters. The topological polar surface area (TPSA) is 30.0 Å². The van der Waals surface area contributed by atoms with E-state index in [0.29, 0.717) is 16.3 Å². The van der Waals surface area contributed by atoms with E-state index in [1.165, 1.54) is 11.3 Å². The number of nitrogens with zero attached hydrogens (tertiary/aromatic N) is 1. The molecular weight excluding hydrogens is 230 g/mol. The van der Waals surface area contributed by atoms with Gasteiger partial charge in [-0.15, -0.1) is 11.3 Å². The Kier molecular flexibility index (Phi) is 2.84. The van der Waals surface area contributed by atoms with Crippen LogP contribution in [0, 0.1) is 6.92 Å². The Balaban J connectivity index is 2.46. The smallest absolute Gasteiger partial charge is 0.213 e. The van der Waals surface area contributed by atoms with Gasteiger partial charge in [0.2, 0.25) is 5.78 Å². The van der Waals surface area contributed by atoms with Gasteiger partial charge in [-0.25, -0.2) is 4.98 Å². The van der Waals surface area contributed by atoms with Crippen LogP contribution in [-0.2, 0) is 0 Å². The van der Waals surface area contributed by atoms with E-state index in [4.69, 9.17) is 11.6 Å². The van der Waals surface area contributed by atoms with E-state index in [1.54, 1.807) is 23.0 Å². The quantitative estimate of drug-likeness (QED) is 0.750. The number of thiazole rings is 1. The van der Waals surface area contributed by atoms with Crippen LogP contribution in [0.1, 0.15) is 21.6 Å². The summed E-state index contributed by atoms with van der Waals surface area (Å²) in [6, 6.07) is 5.39. The van der Waals surface area contributed by atoms with Crippen molar-refractivity contribution in [2.24, 2.45) is 0 Å². The number of aromatic nitrogens is 1. The van der Waals surface area contributed by atoms with Gasteiger partial charge in [0.25, 0.3) is 0 Å². The molecule has 0 saturated heterocycles. The maximum Gasteiger partial charge on any atom is 0.213 e. The van der Waals surface area contributed by atoms with Gasteiger partial charge in [0.1, 0.15) is 5.69 Å². The molecule has 0 fully saturated rings. The Bertz CT molecular complexity index is 493. The third-order valence-electron chi connectivity index (χ3n) is 2.03. The standard InChI is InChI=1S/C11H8ClNOS/c1-7-2-3-9(12)8(4-7)11(14)10-5-15-6-13-10/h2-6H,1H3. The number of aryl methyl sites for hydroxylation is 1. The van der Waals surface area contributed by atoms with Crippen LogP contribution in [0.5, 0.6) is 0 Å². The van der Waals surface area contributed by atoms with Crippen molar-refractivity contribution in [1.29, 1.82) is 0 Å².